The van der Waals surface area contributed by atoms with Crippen molar-refractivity contribution in [2.75, 3.05) is 10.6 Å². The van der Waals surface area contributed by atoms with Crippen molar-refractivity contribution >= 4 is 23.8 Å². The molecular weight excluding hydrogens is 1170 g/mol. The molecule has 4 aromatic heterocycles. The molecule has 2 N–H and O–H groups in total. The minimum absolute atomic E-state index is 0.0217. The Morgan fingerprint density at radius 2 is 0.977 bits per heavy atom. The number of carbonyl (C=O) groups excluding carboxylic acids is 2. The molecule has 2 aliphatic carbocycles. The Kier molecular flexibility index (Phi) is 18.6. The molecule has 4 fully saturated rings. The standard InChI is InChI=1S/C31H34F6N4O3.C30H33F6N5O2/c1-5-19-8-6-7-9-25(19)39-28-22(10-21(14-38-28)26-16(2)40-44-18(26)4)15-41-17(3)27(43-29(41)42)20-11-23(30(32,33)34)13-24(12-20)31(35,36)37;1-4-18-7-5-6-8-24(18)39-27-21(11-20(15-37-27)25-9-10-38-40(25)3)16-41-17(2)26(43-28(41)42)19-12-22(29(31,32)33)14-23(13-19)30(34,35)36/h10-14,17,19,25,27H,5-9,15H2,1-4H3,(H,38,39);9-15,17-18,24,26H,4-8,16H2,1-3H3,(H,37,39)/t17-,19?,25?,27-;17-,18?,24?,26-/m00/s1. The van der Waals surface area contributed by atoms with E-state index in [0.717, 1.165) is 81.0 Å². The number of pyridine rings is 2. The number of anilines is 2. The fourth-order valence-corrected chi connectivity index (χ4v) is 12.4. The average Bonchev–Trinajstić information content (AvgIpc) is 1.85. The van der Waals surface area contributed by atoms with E-state index in [0.29, 0.717) is 75.9 Å². The molecule has 2 saturated carbocycles. The number of benzene rings is 2. The van der Waals surface area contributed by atoms with Crippen LogP contribution in [0.3, 0.4) is 0 Å². The third kappa shape index (κ3) is 14.2. The smallest absolute Gasteiger partial charge is 0.416 e. The number of aromatic nitrogens is 5. The summed E-state index contributed by atoms with van der Waals surface area (Å²) in [4.78, 5) is 38.3. The van der Waals surface area contributed by atoms with Crippen molar-refractivity contribution in [2.24, 2.45) is 18.9 Å². The van der Waals surface area contributed by atoms with E-state index < -0.39 is 83.4 Å². The van der Waals surface area contributed by atoms with Crippen LogP contribution >= 0.6 is 0 Å². The second-order valence-corrected chi connectivity index (χ2v) is 22.9. The lowest BCUT2D eigenvalue weighted by Crippen LogP contribution is -2.34. The number of hydrogen-bond acceptors (Lipinski definition) is 11. The number of nitrogens with one attached hydrogen (secondary N) is 2. The van der Waals surface area contributed by atoms with Gasteiger partial charge >= 0.3 is 36.9 Å². The first-order valence-corrected chi connectivity index (χ1v) is 28.9. The molecule has 0 bridgehead atoms. The lowest BCUT2D eigenvalue weighted by molar-refractivity contribution is -0.144. The molecule has 2 amide bonds. The van der Waals surface area contributed by atoms with Crippen molar-refractivity contribution in [1.82, 2.24) is 34.7 Å². The van der Waals surface area contributed by atoms with Crippen LogP contribution in [0.4, 0.5) is 73.9 Å². The van der Waals surface area contributed by atoms with Crippen LogP contribution in [0.5, 0.6) is 0 Å². The molecule has 26 heteroatoms. The third-order valence-corrected chi connectivity index (χ3v) is 17.2. The molecule has 2 aliphatic heterocycles. The lowest BCUT2D eigenvalue weighted by Gasteiger charge is -2.33. The van der Waals surface area contributed by atoms with E-state index >= 15 is 0 Å². The topological polar surface area (TPSA) is 153 Å². The molecule has 0 radical (unpaired) electrons. The van der Waals surface area contributed by atoms with Gasteiger partial charge in [-0.1, -0.05) is 57.5 Å². The summed E-state index contributed by atoms with van der Waals surface area (Å²) in [6.07, 6.45) is -8.95. The first-order chi connectivity index (χ1) is 40.9. The van der Waals surface area contributed by atoms with E-state index in [9.17, 15) is 62.3 Å². The summed E-state index contributed by atoms with van der Waals surface area (Å²) in [6.45, 7) is 10.9. The van der Waals surface area contributed by atoms with Gasteiger partial charge in [-0.25, -0.2) is 19.6 Å². The molecule has 2 aromatic carbocycles. The molecule has 4 aliphatic rings. The Morgan fingerprint density at radius 1 is 0.575 bits per heavy atom. The Bertz CT molecular complexity index is 3350. The summed E-state index contributed by atoms with van der Waals surface area (Å²) in [7, 11) is 1.78. The van der Waals surface area contributed by atoms with E-state index in [1.807, 2.05) is 18.2 Å². The number of aryl methyl sites for hydroxylation is 3. The molecule has 8 atom stereocenters. The highest BCUT2D eigenvalue weighted by atomic mass is 19.4. The van der Waals surface area contributed by atoms with Gasteiger partial charge in [0.2, 0.25) is 0 Å². The van der Waals surface area contributed by atoms with Gasteiger partial charge in [-0.05, 0) is 131 Å². The third-order valence-electron chi connectivity index (χ3n) is 17.2. The van der Waals surface area contributed by atoms with Crippen LogP contribution in [0.15, 0.2) is 77.7 Å². The van der Waals surface area contributed by atoms with Crippen LogP contribution in [-0.4, -0.2) is 71.1 Å². The van der Waals surface area contributed by atoms with Gasteiger partial charge in [-0.3, -0.25) is 14.5 Å². The fraction of sp³-hybridized carbons (Fsp3) is 0.508. The van der Waals surface area contributed by atoms with Crippen molar-refractivity contribution in [3.63, 3.8) is 0 Å². The minimum atomic E-state index is -5.03. The summed E-state index contributed by atoms with van der Waals surface area (Å²) < 4.78 is 180. The Hall–Kier alpha value is -7.54. The van der Waals surface area contributed by atoms with E-state index in [2.05, 4.69) is 34.7 Å². The predicted octanol–water partition coefficient (Wildman–Crippen LogP) is 16.8. The largest absolute Gasteiger partial charge is 0.439 e. The summed E-state index contributed by atoms with van der Waals surface area (Å²) in [5.41, 5.74) is -1.76. The highest BCUT2D eigenvalue weighted by molar-refractivity contribution is 5.74. The first-order valence-electron chi connectivity index (χ1n) is 28.9. The summed E-state index contributed by atoms with van der Waals surface area (Å²) >= 11 is 0. The van der Waals surface area contributed by atoms with Crippen molar-refractivity contribution < 1.29 is 76.3 Å². The van der Waals surface area contributed by atoms with Crippen LogP contribution in [0.1, 0.15) is 160 Å². The van der Waals surface area contributed by atoms with Gasteiger partial charge in [-0.15, -0.1) is 0 Å². The molecule has 6 aromatic rings. The maximum atomic E-state index is 13.6. The molecule has 14 nitrogen and oxygen atoms in total. The fourth-order valence-electron chi connectivity index (χ4n) is 12.4. The molecule has 2 saturated heterocycles. The van der Waals surface area contributed by atoms with Crippen LogP contribution < -0.4 is 10.6 Å². The van der Waals surface area contributed by atoms with Crippen LogP contribution in [0.2, 0.25) is 0 Å². The maximum absolute atomic E-state index is 13.6. The first kappa shape index (κ1) is 63.9. The number of hydrogen-bond donors (Lipinski definition) is 2. The number of ether oxygens (including phenoxy) is 2. The highest BCUT2D eigenvalue weighted by Gasteiger charge is 2.46. The number of rotatable bonds is 14. The SMILES string of the molecule is CCC1CCCCC1Nc1ncc(-c2c(C)noc2C)cc1CN1C(=O)O[C@H](c2cc(C(F)(F)F)cc(C(F)(F)F)c2)[C@@H]1C.CCC1CCCCC1Nc1ncc(-c2ccnn2C)cc1CN1C(=O)O[C@H](c2cc(C(F)(F)F)cc(C(F)(F)F)c2)[C@@H]1C. The quantitative estimate of drug-likeness (QED) is 0.100. The van der Waals surface area contributed by atoms with Gasteiger partial charge in [0.25, 0.3) is 0 Å². The summed E-state index contributed by atoms with van der Waals surface area (Å²) in [5.74, 6) is 2.58. The van der Waals surface area contributed by atoms with Crippen LogP contribution in [0, 0.1) is 25.7 Å². The molecule has 6 heterocycles. The zero-order chi connectivity index (χ0) is 63.1. The minimum Gasteiger partial charge on any atom is -0.439 e. The van der Waals surface area contributed by atoms with E-state index in [1.165, 1.54) is 16.7 Å². The molecule has 470 valence electrons. The highest BCUT2D eigenvalue weighted by Crippen LogP contribution is 2.45. The molecule has 0 spiro atoms. The Balaban J connectivity index is 0.000000208. The van der Waals surface area contributed by atoms with Gasteiger partial charge in [0.1, 0.15) is 29.6 Å². The Labute approximate surface area is 494 Å². The zero-order valence-electron chi connectivity index (χ0n) is 48.7. The van der Waals surface area contributed by atoms with Gasteiger partial charge in [-0.2, -0.15) is 57.8 Å². The summed E-state index contributed by atoms with van der Waals surface area (Å²) in [6, 6.07) is 6.66. The lowest BCUT2D eigenvalue weighted by atomic mass is 9.83. The number of carbonyl (C=O) groups is 2. The maximum Gasteiger partial charge on any atom is 0.416 e. The van der Waals surface area contributed by atoms with Crippen molar-refractivity contribution in [1.29, 1.82) is 0 Å². The molecule has 4 unspecified atom stereocenters. The van der Waals surface area contributed by atoms with Crippen LogP contribution in [-0.2, 0) is 54.3 Å². The number of nitrogens with zero attached hydrogens (tertiary/aromatic N) is 7. The molecular formula is C61H67F12N9O5. The van der Waals surface area contributed by atoms with Gasteiger partial charge in [0.15, 0.2) is 0 Å². The normalized spacial score (nSPS) is 22.9. The van der Waals surface area contributed by atoms with E-state index in [-0.39, 0.29) is 48.4 Å². The number of halogens is 12. The monoisotopic (exact) mass is 1230 g/mol. The molecule has 87 heavy (non-hydrogen) atoms. The summed E-state index contributed by atoms with van der Waals surface area (Å²) in [5, 5.41) is 15.4. The van der Waals surface area contributed by atoms with Gasteiger partial charge in [0, 0.05) is 65.5 Å². The van der Waals surface area contributed by atoms with E-state index in [4.69, 9.17) is 24.0 Å². The number of amides is 2. The average molecular weight is 1230 g/mol. The Morgan fingerprint density at radius 3 is 1.34 bits per heavy atom. The second-order valence-electron chi connectivity index (χ2n) is 22.9. The van der Waals surface area contributed by atoms with Crippen molar-refractivity contribution in [2.45, 2.75) is 180 Å². The van der Waals surface area contributed by atoms with Crippen LogP contribution in [0.25, 0.3) is 22.4 Å². The second kappa shape index (κ2) is 25.3. The van der Waals surface area contributed by atoms with Gasteiger partial charge in [0.05, 0.1) is 58.8 Å². The zero-order valence-corrected chi connectivity index (χ0v) is 48.7. The number of cyclic esters (lactones) is 2. The van der Waals surface area contributed by atoms with Crippen molar-refractivity contribution in [3.8, 4) is 22.4 Å². The molecule has 10 rings (SSSR count). The predicted molar refractivity (Wildman–Crippen MR) is 296 cm³/mol. The van der Waals surface area contributed by atoms with Gasteiger partial charge < -0.3 is 24.6 Å². The van der Waals surface area contributed by atoms with E-state index in [1.54, 1.807) is 51.1 Å². The van der Waals surface area contributed by atoms with Crippen molar-refractivity contribution in [3.05, 3.63) is 129 Å². The number of alkyl halides is 12.